The van der Waals surface area contributed by atoms with Gasteiger partial charge in [-0.05, 0) is 31.5 Å². The van der Waals surface area contributed by atoms with Crippen LogP contribution in [0.2, 0.25) is 0 Å². The van der Waals surface area contributed by atoms with Gasteiger partial charge in [-0.3, -0.25) is 14.6 Å². The van der Waals surface area contributed by atoms with Crippen molar-refractivity contribution >= 4 is 28.6 Å². The Morgan fingerprint density at radius 3 is 2.81 bits per heavy atom. The molecular weight excluding hydrogens is 348 g/mol. The molecule has 3 rings (SSSR count). The van der Waals surface area contributed by atoms with Gasteiger partial charge in [-0.25, -0.2) is 4.98 Å². The van der Waals surface area contributed by atoms with Crippen molar-refractivity contribution in [1.82, 2.24) is 14.9 Å². The average molecular weight is 372 g/mol. The van der Waals surface area contributed by atoms with Gasteiger partial charge in [0.25, 0.3) is 0 Å². The van der Waals surface area contributed by atoms with Crippen LogP contribution in [0.3, 0.4) is 0 Å². The fourth-order valence-electron chi connectivity index (χ4n) is 3.49. The number of aliphatic hydroxyl groups is 1. The summed E-state index contributed by atoms with van der Waals surface area (Å²) in [6.07, 6.45) is 1.97. The summed E-state index contributed by atoms with van der Waals surface area (Å²) in [5.41, 5.74) is 2.36. The molecule has 1 saturated heterocycles. The van der Waals surface area contributed by atoms with E-state index in [1.807, 2.05) is 25.1 Å². The molecule has 1 aliphatic heterocycles. The molecule has 2 N–H and O–H groups in total. The highest BCUT2D eigenvalue weighted by molar-refractivity contribution is 5.88. The van der Waals surface area contributed by atoms with E-state index in [1.54, 1.807) is 13.2 Å². The number of carbonyl (C=O) groups excluding carboxylic acids is 1. The van der Waals surface area contributed by atoms with E-state index in [2.05, 4.69) is 14.9 Å². The number of fused-ring (bicyclic) bond motifs is 1. The second kappa shape index (κ2) is 7.48. The Kier molecular flexibility index (Phi) is 5.27. The van der Waals surface area contributed by atoms with E-state index < -0.39 is 11.6 Å². The number of nitrogens with zero attached hydrogens (tertiary/aromatic N) is 4. The highest BCUT2D eigenvalue weighted by Gasteiger charge is 2.38. The van der Waals surface area contributed by atoms with Crippen LogP contribution in [-0.4, -0.2) is 69.2 Å². The number of aryl methyl sites for hydroxylation is 1. The van der Waals surface area contributed by atoms with Crippen LogP contribution < -0.4 is 4.90 Å². The predicted octanol–water partition coefficient (Wildman–Crippen LogP) is 1.20. The number of anilines is 1. The monoisotopic (exact) mass is 372 g/mol. The van der Waals surface area contributed by atoms with Gasteiger partial charge in [0.05, 0.1) is 24.2 Å². The lowest BCUT2D eigenvalue weighted by atomic mass is 10.0. The molecule has 3 heterocycles. The second-order valence-corrected chi connectivity index (χ2v) is 7.19. The Hall–Kier alpha value is -2.74. The maximum atomic E-state index is 12.1. The van der Waals surface area contributed by atoms with Crippen molar-refractivity contribution in [3.8, 4) is 0 Å². The van der Waals surface area contributed by atoms with Crippen LogP contribution in [0.1, 0.15) is 25.0 Å². The maximum Gasteiger partial charge on any atom is 0.303 e. The van der Waals surface area contributed by atoms with E-state index in [9.17, 15) is 14.7 Å². The number of likely N-dealkylation sites (N-methyl/N-ethyl adjacent to an activating group) is 1. The lowest BCUT2D eigenvalue weighted by molar-refractivity contribution is -0.141. The summed E-state index contributed by atoms with van der Waals surface area (Å²) in [6, 6.07) is 5.73. The minimum atomic E-state index is -1.05. The van der Waals surface area contributed by atoms with Crippen LogP contribution in [0.15, 0.2) is 24.4 Å². The van der Waals surface area contributed by atoms with Gasteiger partial charge in [-0.2, -0.15) is 0 Å². The Morgan fingerprint density at radius 1 is 1.30 bits per heavy atom. The third-order valence-corrected chi connectivity index (χ3v) is 4.88. The number of aromatic nitrogens is 2. The van der Waals surface area contributed by atoms with E-state index in [4.69, 9.17) is 5.11 Å². The first-order valence-electron chi connectivity index (χ1n) is 8.93. The SMILES string of the molecule is Cc1ccc2nccc(N3CCC(O)(CN(C)C(=O)CCC(=O)O)C3)c2n1. The predicted molar refractivity (Wildman–Crippen MR) is 101 cm³/mol. The van der Waals surface area contributed by atoms with Crippen LogP contribution >= 0.6 is 0 Å². The summed E-state index contributed by atoms with van der Waals surface area (Å²) in [4.78, 5) is 35.1. The zero-order valence-electron chi connectivity index (χ0n) is 15.6. The van der Waals surface area contributed by atoms with Crippen LogP contribution in [0.4, 0.5) is 5.69 Å². The van der Waals surface area contributed by atoms with Gasteiger partial charge in [0.2, 0.25) is 5.91 Å². The van der Waals surface area contributed by atoms with Crippen molar-refractivity contribution in [2.45, 2.75) is 31.8 Å². The number of hydrogen-bond acceptors (Lipinski definition) is 6. The van der Waals surface area contributed by atoms with Crippen molar-refractivity contribution in [2.75, 3.05) is 31.6 Å². The third-order valence-electron chi connectivity index (χ3n) is 4.88. The number of hydrogen-bond donors (Lipinski definition) is 2. The zero-order chi connectivity index (χ0) is 19.6. The van der Waals surface area contributed by atoms with E-state index >= 15 is 0 Å². The van der Waals surface area contributed by atoms with Crippen molar-refractivity contribution in [1.29, 1.82) is 0 Å². The summed E-state index contributed by atoms with van der Waals surface area (Å²) in [7, 11) is 1.59. The standard InChI is InChI=1S/C19H24N4O4/c1-13-3-4-14-18(21-13)15(7-9-20-14)23-10-8-19(27,12-23)11-22(2)16(24)5-6-17(25)26/h3-4,7,9,27H,5-6,8,10-12H2,1-2H3,(H,25,26). The van der Waals surface area contributed by atoms with Crippen molar-refractivity contribution < 1.29 is 19.8 Å². The van der Waals surface area contributed by atoms with Crippen molar-refractivity contribution in [3.05, 3.63) is 30.1 Å². The molecule has 2 aromatic rings. The van der Waals surface area contributed by atoms with Crippen molar-refractivity contribution in [3.63, 3.8) is 0 Å². The summed E-state index contributed by atoms with van der Waals surface area (Å²) in [5.74, 6) is -1.29. The molecule has 0 spiro atoms. The number of rotatable bonds is 6. The number of carboxylic acid groups (broad SMARTS) is 1. The molecule has 0 radical (unpaired) electrons. The number of pyridine rings is 2. The molecule has 1 amide bonds. The van der Waals surface area contributed by atoms with Gasteiger partial charge in [0.15, 0.2) is 0 Å². The smallest absolute Gasteiger partial charge is 0.303 e. The van der Waals surface area contributed by atoms with E-state index in [0.717, 1.165) is 22.4 Å². The first-order valence-corrected chi connectivity index (χ1v) is 8.93. The number of β-amino-alcohol motifs (C(OH)–C–C–N with tert-alkyl or cyclic N) is 1. The van der Waals surface area contributed by atoms with Crippen LogP contribution in [0, 0.1) is 6.92 Å². The minimum Gasteiger partial charge on any atom is -0.481 e. The third kappa shape index (κ3) is 4.33. The van der Waals surface area contributed by atoms with Gasteiger partial charge >= 0.3 is 5.97 Å². The molecular formula is C19H24N4O4. The van der Waals surface area contributed by atoms with E-state index in [1.165, 1.54) is 4.90 Å². The zero-order valence-corrected chi connectivity index (χ0v) is 15.6. The van der Waals surface area contributed by atoms with Gasteiger partial charge in [0, 0.05) is 38.4 Å². The molecule has 8 heteroatoms. The fourth-order valence-corrected chi connectivity index (χ4v) is 3.49. The number of amides is 1. The summed E-state index contributed by atoms with van der Waals surface area (Å²) >= 11 is 0. The lowest BCUT2D eigenvalue weighted by Crippen LogP contribution is -2.45. The lowest BCUT2D eigenvalue weighted by Gasteiger charge is -2.29. The molecule has 0 aromatic carbocycles. The minimum absolute atomic E-state index is 0.0657. The molecule has 0 saturated carbocycles. The first kappa shape index (κ1) is 19.0. The average Bonchev–Trinajstić information content (AvgIpc) is 3.00. The quantitative estimate of drug-likeness (QED) is 0.785. The van der Waals surface area contributed by atoms with Gasteiger partial charge < -0.3 is 20.0 Å². The Bertz CT molecular complexity index is 872. The molecule has 1 atom stereocenters. The largest absolute Gasteiger partial charge is 0.481 e. The van der Waals surface area contributed by atoms with Crippen LogP contribution in [0.25, 0.3) is 11.0 Å². The molecule has 8 nitrogen and oxygen atoms in total. The molecule has 27 heavy (non-hydrogen) atoms. The van der Waals surface area contributed by atoms with Gasteiger partial charge in [0.1, 0.15) is 11.1 Å². The maximum absolute atomic E-state index is 12.1. The second-order valence-electron chi connectivity index (χ2n) is 7.19. The Balaban J connectivity index is 1.72. The topological polar surface area (TPSA) is 107 Å². The summed E-state index contributed by atoms with van der Waals surface area (Å²) in [6.45, 7) is 3.10. The van der Waals surface area contributed by atoms with E-state index in [0.29, 0.717) is 19.5 Å². The highest BCUT2D eigenvalue weighted by Crippen LogP contribution is 2.31. The van der Waals surface area contributed by atoms with Crippen LogP contribution in [-0.2, 0) is 9.59 Å². The molecule has 1 unspecified atom stereocenters. The van der Waals surface area contributed by atoms with E-state index in [-0.39, 0.29) is 25.3 Å². The van der Waals surface area contributed by atoms with Gasteiger partial charge in [-0.15, -0.1) is 0 Å². The molecule has 0 bridgehead atoms. The summed E-state index contributed by atoms with van der Waals surface area (Å²) < 4.78 is 0. The molecule has 2 aromatic heterocycles. The molecule has 0 aliphatic carbocycles. The normalized spacial score (nSPS) is 19.4. The fraction of sp³-hybridized carbons (Fsp3) is 0.474. The van der Waals surface area contributed by atoms with Crippen molar-refractivity contribution in [2.24, 2.45) is 0 Å². The Morgan fingerprint density at radius 2 is 2.07 bits per heavy atom. The number of carboxylic acids is 1. The molecule has 144 valence electrons. The van der Waals surface area contributed by atoms with Crippen LogP contribution in [0.5, 0.6) is 0 Å². The number of aliphatic carboxylic acids is 1. The summed E-state index contributed by atoms with van der Waals surface area (Å²) in [5, 5.41) is 19.7. The molecule has 1 aliphatic rings. The van der Waals surface area contributed by atoms with Gasteiger partial charge in [-0.1, -0.05) is 0 Å². The molecule has 1 fully saturated rings. The highest BCUT2D eigenvalue weighted by atomic mass is 16.4. The number of carbonyl (C=O) groups is 2. The Labute approximate surface area is 157 Å². The first-order chi connectivity index (χ1) is 12.8.